The molecule has 0 saturated carbocycles. The van der Waals surface area contributed by atoms with Gasteiger partial charge in [-0.2, -0.15) is 0 Å². The fourth-order valence-corrected chi connectivity index (χ4v) is 1.22. The molecule has 4 heteroatoms. The van der Waals surface area contributed by atoms with Crippen LogP contribution in [0.25, 0.3) is 0 Å². The number of aromatic nitrogens is 1. The molecule has 2 rings (SSSR count). The van der Waals surface area contributed by atoms with Gasteiger partial charge in [-0.3, -0.25) is 0 Å². The van der Waals surface area contributed by atoms with E-state index in [-0.39, 0.29) is 5.75 Å². The largest absolute Gasteiger partial charge is 0.506 e. The summed E-state index contributed by atoms with van der Waals surface area (Å²) in [6, 6.07) is 1.52. The zero-order valence-electron chi connectivity index (χ0n) is 9.79. The van der Waals surface area contributed by atoms with E-state index in [4.69, 9.17) is 9.47 Å². The number of aryl methyl sites for hydroxylation is 1. The Morgan fingerprint density at radius 3 is 2.47 bits per heavy atom. The van der Waals surface area contributed by atoms with Crippen LogP contribution in [-0.2, 0) is 0 Å². The topological polar surface area (TPSA) is 51.6 Å². The Morgan fingerprint density at radius 2 is 1.87 bits per heavy atom. The number of fused-ring (bicyclic) bond motifs is 1. The van der Waals surface area contributed by atoms with E-state index in [9.17, 15) is 5.11 Å². The number of aromatic hydroxyl groups is 1. The number of hydrogen-bond donors (Lipinski definition) is 1. The summed E-state index contributed by atoms with van der Waals surface area (Å²) >= 11 is 0. The van der Waals surface area contributed by atoms with E-state index in [1.165, 1.54) is 6.07 Å². The van der Waals surface area contributed by atoms with Crippen LogP contribution < -0.4 is 9.47 Å². The molecule has 0 saturated heterocycles. The first-order chi connectivity index (χ1) is 6.98. The monoisotopic (exact) mass is 211 g/mol. The van der Waals surface area contributed by atoms with Gasteiger partial charge >= 0.3 is 0 Å². The van der Waals surface area contributed by atoms with Gasteiger partial charge in [0.25, 0.3) is 5.88 Å². The maximum absolute atomic E-state index is 9.36. The summed E-state index contributed by atoms with van der Waals surface area (Å²) in [6.45, 7) is 9.30. The van der Waals surface area contributed by atoms with Gasteiger partial charge in [-0.25, -0.2) is 4.98 Å². The van der Waals surface area contributed by atoms with Gasteiger partial charge in [0, 0.05) is 19.9 Å². The highest BCUT2D eigenvalue weighted by atomic mass is 16.7. The van der Waals surface area contributed by atoms with Crippen molar-refractivity contribution < 1.29 is 14.6 Å². The lowest BCUT2D eigenvalue weighted by atomic mass is 10.3. The molecule has 84 valence electrons. The van der Waals surface area contributed by atoms with Crippen molar-refractivity contribution in [3.8, 4) is 17.4 Å². The van der Waals surface area contributed by atoms with Gasteiger partial charge in [0.05, 0.1) is 5.69 Å². The van der Waals surface area contributed by atoms with Crippen LogP contribution in [0.5, 0.6) is 17.4 Å². The predicted molar refractivity (Wildman–Crippen MR) is 57.3 cm³/mol. The first-order valence-corrected chi connectivity index (χ1v) is 5.06. The molecule has 0 atom stereocenters. The highest BCUT2D eigenvalue weighted by molar-refractivity contribution is 5.44. The van der Waals surface area contributed by atoms with Crippen molar-refractivity contribution in [3.63, 3.8) is 0 Å². The van der Waals surface area contributed by atoms with Crippen LogP contribution in [0.2, 0.25) is 0 Å². The molecule has 2 heterocycles. The summed E-state index contributed by atoms with van der Waals surface area (Å²) in [5, 5.41) is 9.36. The summed E-state index contributed by atoms with van der Waals surface area (Å²) in [7, 11) is 0. The van der Waals surface area contributed by atoms with E-state index in [0.29, 0.717) is 17.3 Å². The Hall–Kier alpha value is -1.45. The summed E-state index contributed by atoms with van der Waals surface area (Å²) < 4.78 is 10.8. The van der Waals surface area contributed by atoms with Crippen LogP contribution in [0.15, 0.2) is 6.07 Å². The fourth-order valence-electron chi connectivity index (χ4n) is 1.22. The molecule has 4 nitrogen and oxygen atoms in total. The number of rotatable bonds is 0. The van der Waals surface area contributed by atoms with E-state index in [2.05, 4.69) is 4.98 Å². The molecule has 0 radical (unpaired) electrons. The van der Waals surface area contributed by atoms with E-state index >= 15 is 0 Å². The molecule has 0 aliphatic carbocycles. The minimum Gasteiger partial charge on any atom is -0.506 e. The first kappa shape index (κ1) is 11.6. The number of ether oxygens (including phenoxy) is 2. The minimum absolute atomic E-state index is 0.125. The van der Waals surface area contributed by atoms with Crippen LogP contribution in [0, 0.1) is 6.92 Å². The molecule has 1 aliphatic rings. The fraction of sp³-hybridized carbons (Fsp3) is 0.545. The van der Waals surface area contributed by atoms with Crippen molar-refractivity contribution in [3.05, 3.63) is 11.8 Å². The highest BCUT2D eigenvalue weighted by Gasteiger charge is 2.33. The van der Waals surface area contributed by atoms with Crippen molar-refractivity contribution in [1.29, 1.82) is 0 Å². The molecule has 1 N–H and O–H groups in total. The van der Waals surface area contributed by atoms with Gasteiger partial charge < -0.3 is 14.6 Å². The third kappa shape index (κ3) is 2.32. The van der Waals surface area contributed by atoms with E-state index in [1.807, 2.05) is 13.8 Å². The lowest BCUT2D eigenvalue weighted by Gasteiger charge is -2.15. The molecule has 0 bridgehead atoms. The predicted octanol–water partition coefficient (Wildman–Crippen LogP) is 2.63. The van der Waals surface area contributed by atoms with Crippen molar-refractivity contribution in [1.82, 2.24) is 4.98 Å². The molecule has 15 heavy (non-hydrogen) atoms. The second kappa shape index (κ2) is 3.96. The van der Waals surface area contributed by atoms with Crippen LogP contribution in [-0.4, -0.2) is 15.9 Å². The second-order valence-corrected chi connectivity index (χ2v) is 3.50. The van der Waals surface area contributed by atoms with Gasteiger partial charge in [-0.05, 0) is 6.92 Å². The smallest absolute Gasteiger partial charge is 0.261 e. The van der Waals surface area contributed by atoms with Crippen molar-refractivity contribution in [2.24, 2.45) is 0 Å². The maximum atomic E-state index is 9.36. The third-order valence-electron chi connectivity index (χ3n) is 1.82. The third-order valence-corrected chi connectivity index (χ3v) is 1.82. The zero-order chi connectivity index (χ0) is 11.6. The Labute approximate surface area is 89.9 Å². The average Bonchev–Trinajstić information content (AvgIpc) is 2.43. The summed E-state index contributed by atoms with van der Waals surface area (Å²) in [5.74, 6) is 0.378. The molecule has 1 aliphatic heterocycles. The molecular weight excluding hydrogens is 194 g/mol. The number of nitrogens with zero attached hydrogens (tertiary/aromatic N) is 1. The number of hydrogen-bond acceptors (Lipinski definition) is 4. The Kier molecular flexibility index (Phi) is 3.07. The van der Waals surface area contributed by atoms with Gasteiger partial charge in [0.15, 0.2) is 5.75 Å². The quantitative estimate of drug-likeness (QED) is 0.716. The Morgan fingerprint density at radius 1 is 1.27 bits per heavy atom. The van der Waals surface area contributed by atoms with E-state index in [1.54, 1.807) is 20.8 Å². The van der Waals surface area contributed by atoms with Crippen LogP contribution in [0.3, 0.4) is 0 Å². The minimum atomic E-state index is -0.685. The molecule has 0 aromatic carbocycles. The van der Waals surface area contributed by atoms with Crippen molar-refractivity contribution in [2.45, 2.75) is 40.4 Å². The first-order valence-electron chi connectivity index (χ1n) is 5.06. The van der Waals surface area contributed by atoms with Gasteiger partial charge in [-0.1, -0.05) is 13.8 Å². The van der Waals surface area contributed by atoms with Crippen molar-refractivity contribution >= 4 is 0 Å². The van der Waals surface area contributed by atoms with Crippen LogP contribution >= 0.6 is 0 Å². The van der Waals surface area contributed by atoms with Gasteiger partial charge in [0.2, 0.25) is 5.79 Å². The average molecular weight is 211 g/mol. The van der Waals surface area contributed by atoms with Crippen molar-refractivity contribution in [2.75, 3.05) is 0 Å². The molecule has 0 fully saturated rings. The molecule has 0 unspecified atom stereocenters. The summed E-state index contributed by atoms with van der Waals surface area (Å²) in [5.41, 5.74) is 0.542. The van der Waals surface area contributed by atoms with Crippen LogP contribution in [0.4, 0.5) is 0 Å². The SMILES string of the molecule is CC.Cc1nc2c(cc1O)OC(C)(C)O2. The Balaban J connectivity index is 0.000000531. The van der Waals surface area contributed by atoms with Crippen LogP contribution in [0.1, 0.15) is 33.4 Å². The summed E-state index contributed by atoms with van der Waals surface area (Å²) in [6.07, 6.45) is 0. The lowest BCUT2D eigenvalue weighted by molar-refractivity contribution is -0.0448. The van der Waals surface area contributed by atoms with Gasteiger partial charge in [-0.15, -0.1) is 0 Å². The van der Waals surface area contributed by atoms with Gasteiger partial charge in [0.1, 0.15) is 5.75 Å². The highest BCUT2D eigenvalue weighted by Crippen LogP contribution is 2.40. The maximum Gasteiger partial charge on any atom is 0.261 e. The molecule has 1 aromatic rings. The molecule has 0 spiro atoms. The molecule has 0 amide bonds. The lowest BCUT2D eigenvalue weighted by Crippen LogP contribution is -2.29. The molecular formula is C11H17NO3. The standard InChI is InChI=1S/C9H11NO3.C2H6/c1-5-6(11)4-7-8(10-5)13-9(2,3)12-7;1-2/h4,11H,1-3H3;1-2H3. The second-order valence-electron chi connectivity index (χ2n) is 3.50. The number of pyridine rings is 1. The van der Waals surface area contributed by atoms with E-state index in [0.717, 1.165) is 0 Å². The summed E-state index contributed by atoms with van der Waals surface area (Å²) in [4.78, 5) is 4.05. The normalized spacial score (nSPS) is 15.5. The Bertz CT molecular complexity index is 328. The van der Waals surface area contributed by atoms with E-state index < -0.39 is 5.79 Å². The zero-order valence-corrected chi connectivity index (χ0v) is 9.79. The molecule has 1 aromatic heterocycles.